The van der Waals surface area contributed by atoms with Gasteiger partial charge in [-0.3, -0.25) is 0 Å². The Labute approximate surface area is 119 Å². The minimum atomic E-state index is -0.190. The second-order valence-electron chi connectivity index (χ2n) is 4.05. The zero-order chi connectivity index (χ0) is 12.6. The Balaban J connectivity index is 3.81. The Morgan fingerprint density at radius 1 is 1.06 bits per heavy atom. The Morgan fingerprint density at radius 2 is 1.62 bits per heavy atom. The molecule has 98 valence electrons. The van der Waals surface area contributed by atoms with Gasteiger partial charge in [0.1, 0.15) is 0 Å². The normalized spacial score (nSPS) is 17.4. The van der Waals surface area contributed by atoms with E-state index in [0.717, 1.165) is 12.8 Å². The van der Waals surface area contributed by atoms with Gasteiger partial charge in [-0.2, -0.15) is 0 Å². The summed E-state index contributed by atoms with van der Waals surface area (Å²) in [5.41, 5.74) is 0. The van der Waals surface area contributed by atoms with Crippen LogP contribution in [-0.4, -0.2) is 35.2 Å². The molecule has 0 aromatic carbocycles. The summed E-state index contributed by atoms with van der Waals surface area (Å²) in [6.45, 7) is 4.71. The maximum Gasteiger partial charge on any atom is 0.0846 e. The van der Waals surface area contributed by atoms with Crippen LogP contribution in [0.2, 0.25) is 0 Å². The van der Waals surface area contributed by atoms with Gasteiger partial charge in [0.25, 0.3) is 0 Å². The van der Waals surface area contributed by atoms with E-state index in [1.165, 1.54) is 0 Å². The van der Waals surface area contributed by atoms with Crippen LogP contribution in [0.4, 0.5) is 0 Å². The Morgan fingerprint density at radius 3 is 2.06 bits per heavy atom. The Bertz CT molecular complexity index is 164. The molecular formula is C11H20Cl4O. The number of ether oxygens (including phenoxy) is 1. The fraction of sp³-hybridized carbons (Fsp3) is 1.00. The first-order valence-electron chi connectivity index (χ1n) is 5.56. The van der Waals surface area contributed by atoms with Crippen molar-refractivity contribution in [3.05, 3.63) is 0 Å². The molecule has 2 unspecified atom stereocenters. The van der Waals surface area contributed by atoms with Crippen LogP contribution in [0, 0.1) is 5.92 Å². The second kappa shape index (κ2) is 10.1. The second-order valence-corrected chi connectivity index (χ2v) is 5.78. The molecule has 0 aliphatic carbocycles. The summed E-state index contributed by atoms with van der Waals surface area (Å²) in [5, 5.41) is -0.257. The van der Waals surface area contributed by atoms with Crippen LogP contribution in [0.1, 0.15) is 26.7 Å². The fourth-order valence-corrected chi connectivity index (χ4v) is 2.22. The third kappa shape index (κ3) is 7.45. The van der Waals surface area contributed by atoms with Crippen molar-refractivity contribution in [2.24, 2.45) is 5.92 Å². The van der Waals surface area contributed by atoms with Crippen molar-refractivity contribution < 1.29 is 4.74 Å². The lowest BCUT2D eigenvalue weighted by atomic mass is 10.0. The molecular weight excluding hydrogens is 290 g/mol. The molecule has 0 aliphatic rings. The van der Waals surface area contributed by atoms with E-state index in [4.69, 9.17) is 51.1 Å². The molecule has 0 N–H and O–H groups in total. The molecule has 5 heteroatoms. The topological polar surface area (TPSA) is 9.23 Å². The largest absolute Gasteiger partial charge is 0.374 e. The van der Waals surface area contributed by atoms with Gasteiger partial charge in [0.2, 0.25) is 0 Å². The van der Waals surface area contributed by atoms with E-state index in [1.807, 2.05) is 0 Å². The van der Waals surface area contributed by atoms with Crippen molar-refractivity contribution >= 4 is 46.4 Å². The number of halogens is 4. The number of hydrogen-bond donors (Lipinski definition) is 0. The minimum absolute atomic E-state index is 0.0667. The lowest BCUT2D eigenvalue weighted by Crippen LogP contribution is -2.27. The molecule has 0 aromatic rings. The standard InChI is InChI=1S/C11H20Cl4O/c1-3-8(2)4-10(14)11(15)7-16-9(5-12)6-13/h8-11H,3-7H2,1-2H3/t8-,10?,11?/m0/s1. The van der Waals surface area contributed by atoms with Crippen molar-refractivity contribution in [3.8, 4) is 0 Å². The Kier molecular flexibility index (Phi) is 10.8. The minimum Gasteiger partial charge on any atom is -0.374 e. The van der Waals surface area contributed by atoms with E-state index in [1.54, 1.807) is 0 Å². The van der Waals surface area contributed by atoms with Crippen LogP contribution in [0.5, 0.6) is 0 Å². The zero-order valence-corrected chi connectivity index (χ0v) is 12.8. The lowest BCUT2D eigenvalue weighted by molar-refractivity contribution is 0.0820. The Hall–Kier alpha value is 1.12. The molecule has 0 radical (unpaired) electrons. The predicted octanol–water partition coefficient (Wildman–Crippen LogP) is 4.50. The summed E-state index contributed by atoms with van der Waals surface area (Å²) in [5.74, 6) is 1.34. The monoisotopic (exact) mass is 308 g/mol. The summed E-state index contributed by atoms with van der Waals surface area (Å²) in [6, 6.07) is 0. The lowest BCUT2D eigenvalue weighted by Gasteiger charge is -2.21. The van der Waals surface area contributed by atoms with Crippen molar-refractivity contribution in [2.45, 2.75) is 43.5 Å². The molecule has 3 atom stereocenters. The molecule has 0 bridgehead atoms. The molecule has 0 saturated carbocycles. The summed E-state index contributed by atoms with van der Waals surface area (Å²) in [4.78, 5) is 0. The number of hydrogen-bond acceptors (Lipinski definition) is 1. The molecule has 0 spiro atoms. The first-order chi connectivity index (χ1) is 7.54. The van der Waals surface area contributed by atoms with Gasteiger partial charge in [0, 0.05) is 11.8 Å². The van der Waals surface area contributed by atoms with Crippen LogP contribution in [0.25, 0.3) is 0 Å². The zero-order valence-electron chi connectivity index (χ0n) is 9.77. The van der Waals surface area contributed by atoms with E-state index < -0.39 is 0 Å². The van der Waals surface area contributed by atoms with Gasteiger partial charge in [-0.15, -0.1) is 46.4 Å². The van der Waals surface area contributed by atoms with E-state index in [9.17, 15) is 0 Å². The van der Waals surface area contributed by atoms with E-state index in [0.29, 0.717) is 24.3 Å². The van der Waals surface area contributed by atoms with Gasteiger partial charge in [-0.1, -0.05) is 20.3 Å². The molecule has 0 aliphatic heterocycles. The highest BCUT2D eigenvalue weighted by atomic mass is 35.5. The molecule has 0 saturated heterocycles. The first kappa shape index (κ1) is 17.1. The van der Waals surface area contributed by atoms with Crippen molar-refractivity contribution in [3.63, 3.8) is 0 Å². The highest BCUT2D eigenvalue weighted by molar-refractivity contribution is 6.30. The van der Waals surface area contributed by atoms with Gasteiger partial charge in [-0.25, -0.2) is 0 Å². The van der Waals surface area contributed by atoms with E-state index >= 15 is 0 Å². The summed E-state index contributed by atoms with van der Waals surface area (Å²) >= 11 is 23.6. The molecule has 0 rings (SSSR count). The molecule has 0 heterocycles. The van der Waals surface area contributed by atoms with Crippen molar-refractivity contribution in [1.82, 2.24) is 0 Å². The van der Waals surface area contributed by atoms with Crippen LogP contribution in [-0.2, 0) is 4.74 Å². The van der Waals surface area contributed by atoms with Gasteiger partial charge in [0.15, 0.2) is 0 Å². The van der Waals surface area contributed by atoms with Gasteiger partial charge in [-0.05, 0) is 12.3 Å². The SMILES string of the molecule is CC[C@H](C)CC(Cl)C(Cl)COC(CCl)CCl. The van der Waals surface area contributed by atoms with Crippen LogP contribution in [0.15, 0.2) is 0 Å². The number of alkyl halides is 4. The van der Waals surface area contributed by atoms with Crippen LogP contribution < -0.4 is 0 Å². The highest BCUT2D eigenvalue weighted by Gasteiger charge is 2.20. The van der Waals surface area contributed by atoms with Crippen molar-refractivity contribution in [2.75, 3.05) is 18.4 Å². The van der Waals surface area contributed by atoms with Gasteiger partial charge >= 0.3 is 0 Å². The first-order valence-corrected chi connectivity index (χ1v) is 7.50. The summed E-state index contributed by atoms with van der Waals surface area (Å²) in [7, 11) is 0. The van der Waals surface area contributed by atoms with Crippen LogP contribution >= 0.6 is 46.4 Å². The molecule has 0 fully saturated rings. The fourth-order valence-electron chi connectivity index (χ4n) is 1.16. The third-order valence-electron chi connectivity index (χ3n) is 2.55. The average molecular weight is 310 g/mol. The number of rotatable bonds is 9. The summed E-state index contributed by atoms with van der Waals surface area (Å²) < 4.78 is 5.46. The van der Waals surface area contributed by atoms with Crippen LogP contribution in [0.3, 0.4) is 0 Å². The third-order valence-corrected chi connectivity index (χ3v) is 4.28. The smallest absolute Gasteiger partial charge is 0.0846 e. The van der Waals surface area contributed by atoms with Gasteiger partial charge < -0.3 is 4.74 Å². The average Bonchev–Trinajstić information content (AvgIpc) is 2.29. The highest BCUT2D eigenvalue weighted by Crippen LogP contribution is 2.21. The van der Waals surface area contributed by atoms with Crippen molar-refractivity contribution in [1.29, 1.82) is 0 Å². The van der Waals surface area contributed by atoms with E-state index in [-0.39, 0.29) is 16.9 Å². The molecule has 16 heavy (non-hydrogen) atoms. The van der Waals surface area contributed by atoms with E-state index in [2.05, 4.69) is 13.8 Å². The van der Waals surface area contributed by atoms with Gasteiger partial charge in [0.05, 0.1) is 23.5 Å². The maximum absolute atomic E-state index is 6.20. The molecule has 0 amide bonds. The molecule has 0 aromatic heterocycles. The predicted molar refractivity (Wildman–Crippen MR) is 74.5 cm³/mol. The quantitative estimate of drug-likeness (QED) is 0.570. The maximum atomic E-state index is 6.20. The summed E-state index contributed by atoms with van der Waals surface area (Å²) in [6.07, 6.45) is 1.87. The molecule has 1 nitrogen and oxygen atoms in total.